The molecule has 2 aromatic rings. The number of hydrogen-bond acceptors (Lipinski definition) is 5. The number of hydrazone groups is 1. The predicted molar refractivity (Wildman–Crippen MR) is 134 cm³/mol. The Morgan fingerprint density at radius 1 is 1.11 bits per heavy atom. The number of amides is 2. The minimum Gasteiger partial charge on any atom is -0.490 e. The molecule has 1 heterocycles. The summed E-state index contributed by atoms with van der Waals surface area (Å²) >= 11 is 0. The number of carbonyl (C=O) groups is 2. The van der Waals surface area contributed by atoms with Crippen molar-refractivity contribution in [3.05, 3.63) is 53.1 Å². The van der Waals surface area contributed by atoms with Gasteiger partial charge in [0, 0.05) is 30.0 Å². The molecule has 0 saturated carbocycles. The molecule has 0 bridgehead atoms. The maximum Gasteiger partial charge on any atom is 0.243 e. The molecule has 194 valence electrons. The third-order valence-corrected chi connectivity index (χ3v) is 6.21. The molecule has 0 fully saturated rings. The van der Waals surface area contributed by atoms with E-state index in [2.05, 4.69) is 17.3 Å². The second-order valence-corrected chi connectivity index (χ2v) is 8.73. The van der Waals surface area contributed by atoms with Gasteiger partial charge < -0.3 is 14.8 Å². The number of halogens is 2. The summed E-state index contributed by atoms with van der Waals surface area (Å²) in [7, 11) is 2.47. The lowest BCUT2D eigenvalue weighted by molar-refractivity contribution is -0.133. The van der Waals surface area contributed by atoms with Crippen molar-refractivity contribution in [2.24, 2.45) is 11.0 Å². The largest absolute Gasteiger partial charge is 0.490 e. The van der Waals surface area contributed by atoms with E-state index in [1.807, 2.05) is 6.92 Å². The second-order valence-electron chi connectivity index (χ2n) is 8.73. The average Bonchev–Trinajstić information content (AvgIpc) is 2.87. The summed E-state index contributed by atoms with van der Waals surface area (Å²) in [5.41, 5.74) is 1.67. The Kier molecular flexibility index (Phi) is 9.38. The van der Waals surface area contributed by atoms with Crippen molar-refractivity contribution < 1.29 is 27.8 Å². The summed E-state index contributed by atoms with van der Waals surface area (Å²) in [5, 5.41) is 8.59. The fourth-order valence-corrected chi connectivity index (χ4v) is 4.19. The molecule has 7 nitrogen and oxygen atoms in total. The van der Waals surface area contributed by atoms with E-state index in [4.69, 9.17) is 9.47 Å². The fraction of sp³-hybridized carbons (Fsp3) is 0.444. The van der Waals surface area contributed by atoms with Crippen LogP contribution >= 0.6 is 0 Å². The SMILES string of the molecule is CCCCCC(=O)Nc1ccc(CN2N=C(c3cc(F)c(OC)c(OC)c3F)C(CC)CC2=O)cc1. The number of hydrogen-bond donors (Lipinski definition) is 1. The number of methoxy groups -OCH3 is 2. The molecule has 0 aromatic heterocycles. The van der Waals surface area contributed by atoms with Crippen LogP contribution in [-0.4, -0.2) is 36.8 Å². The zero-order valence-electron chi connectivity index (χ0n) is 21.2. The van der Waals surface area contributed by atoms with Crippen molar-refractivity contribution in [2.75, 3.05) is 19.5 Å². The van der Waals surface area contributed by atoms with E-state index in [0.29, 0.717) is 18.5 Å². The van der Waals surface area contributed by atoms with Crippen LogP contribution in [0.1, 0.15) is 63.5 Å². The van der Waals surface area contributed by atoms with Crippen LogP contribution in [0.2, 0.25) is 0 Å². The second kappa shape index (κ2) is 12.5. The van der Waals surface area contributed by atoms with Gasteiger partial charge in [-0.15, -0.1) is 0 Å². The summed E-state index contributed by atoms with van der Waals surface area (Å²) in [6, 6.07) is 8.16. The van der Waals surface area contributed by atoms with Crippen molar-refractivity contribution in [3.8, 4) is 11.5 Å². The highest BCUT2D eigenvalue weighted by molar-refractivity contribution is 6.06. The Morgan fingerprint density at radius 3 is 2.42 bits per heavy atom. The van der Waals surface area contributed by atoms with Crippen molar-refractivity contribution >= 4 is 23.2 Å². The van der Waals surface area contributed by atoms with E-state index >= 15 is 4.39 Å². The van der Waals surface area contributed by atoms with E-state index in [-0.39, 0.29) is 53.5 Å². The quantitative estimate of drug-likeness (QED) is 0.403. The molecule has 0 radical (unpaired) electrons. The highest BCUT2D eigenvalue weighted by atomic mass is 19.1. The van der Waals surface area contributed by atoms with Gasteiger partial charge in [-0.05, 0) is 36.6 Å². The Balaban J connectivity index is 1.83. The highest BCUT2D eigenvalue weighted by Crippen LogP contribution is 2.37. The fourth-order valence-electron chi connectivity index (χ4n) is 4.19. The number of nitrogens with one attached hydrogen (secondary N) is 1. The Labute approximate surface area is 210 Å². The van der Waals surface area contributed by atoms with Gasteiger partial charge in [-0.1, -0.05) is 38.8 Å². The minimum atomic E-state index is -0.790. The molecular formula is C27H33F2N3O4. The van der Waals surface area contributed by atoms with Crippen molar-refractivity contribution in [2.45, 2.75) is 58.9 Å². The zero-order valence-corrected chi connectivity index (χ0v) is 21.2. The number of anilines is 1. The lowest BCUT2D eigenvalue weighted by atomic mass is 9.89. The summed E-state index contributed by atoms with van der Waals surface area (Å²) in [5.74, 6) is -2.85. The van der Waals surface area contributed by atoms with Gasteiger partial charge >= 0.3 is 0 Å². The Bertz CT molecular complexity index is 1120. The standard InChI is InChI=1S/C27H33F2N3O4/c1-5-7-8-9-22(33)30-19-12-10-17(11-13-19)16-32-23(34)14-18(6-2)25(31-32)20-15-21(28)26(35-3)27(36-4)24(20)29/h10-13,15,18H,5-9,14,16H2,1-4H3,(H,30,33). The van der Waals surface area contributed by atoms with Crippen LogP contribution in [0.3, 0.4) is 0 Å². The van der Waals surface area contributed by atoms with Crippen LogP contribution in [0, 0.1) is 17.6 Å². The first-order chi connectivity index (χ1) is 17.3. The molecule has 36 heavy (non-hydrogen) atoms. The number of rotatable bonds is 11. The van der Waals surface area contributed by atoms with Crippen LogP contribution in [0.25, 0.3) is 0 Å². The lowest BCUT2D eigenvalue weighted by Gasteiger charge is -2.29. The average molecular weight is 502 g/mol. The van der Waals surface area contributed by atoms with Crippen LogP contribution in [-0.2, 0) is 16.1 Å². The molecule has 1 unspecified atom stereocenters. The number of ether oxygens (including phenoxy) is 2. The molecule has 9 heteroatoms. The van der Waals surface area contributed by atoms with Crippen molar-refractivity contribution in [1.29, 1.82) is 0 Å². The van der Waals surface area contributed by atoms with Gasteiger partial charge in [0.25, 0.3) is 0 Å². The van der Waals surface area contributed by atoms with Crippen LogP contribution in [0.15, 0.2) is 35.4 Å². The van der Waals surface area contributed by atoms with Crippen molar-refractivity contribution in [1.82, 2.24) is 5.01 Å². The highest BCUT2D eigenvalue weighted by Gasteiger charge is 2.33. The van der Waals surface area contributed by atoms with Gasteiger partial charge in [-0.25, -0.2) is 13.8 Å². The monoisotopic (exact) mass is 501 g/mol. The lowest BCUT2D eigenvalue weighted by Crippen LogP contribution is -2.37. The topological polar surface area (TPSA) is 80.2 Å². The predicted octanol–water partition coefficient (Wildman–Crippen LogP) is 5.66. The van der Waals surface area contributed by atoms with Crippen LogP contribution in [0.4, 0.5) is 14.5 Å². The van der Waals surface area contributed by atoms with E-state index in [1.54, 1.807) is 24.3 Å². The molecule has 0 aliphatic carbocycles. The molecule has 1 N–H and O–H groups in total. The third kappa shape index (κ3) is 6.19. The summed E-state index contributed by atoms with van der Waals surface area (Å²) in [6.45, 7) is 4.11. The number of carbonyl (C=O) groups excluding carboxylic acids is 2. The molecule has 3 rings (SSSR count). The summed E-state index contributed by atoms with van der Waals surface area (Å²) < 4.78 is 40.0. The minimum absolute atomic E-state index is 0.0357. The van der Waals surface area contributed by atoms with Crippen molar-refractivity contribution in [3.63, 3.8) is 0 Å². The summed E-state index contributed by atoms with van der Waals surface area (Å²) in [4.78, 5) is 24.9. The zero-order chi connectivity index (χ0) is 26.2. The molecule has 0 spiro atoms. The Morgan fingerprint density at radius 2 is 1.81 bits per heavy atom. The van der Waals surface area contributed by atoms with Gasteiger partial charge in [0.2, 0.25) is 17.6 Å². The van der Waals surface area contributed by atoms with E-state index < -0.39 is 11.6 Å². The molecule has 1 atom stereocenters. The van der Waals surface area contributed by atoms with Gasteiger partial charge in [0.15, 0.2) is 17.4 Å². The molecule has 1 aliphatic heterocycles. The van der Waals surface area contributed by atoms with E-state index in [0.717, 1.165) is 30.9 Å². The first-order valence-corrected chi connectivity index (χ1v) is 12.2. The van der Waals surface area contributed by atoms with Gasteiger partial charge in [0.05, 0.1) is 26.5 Å². The van der Waals surface area contributed by atoms with E-state index in [1.165, 1.54) is 19.2 Å². The van der Waals surface area contributed by atoms with E-state index in [9.17, 15) is 14.0 Å². The number of benzene rings is 2. The smallest absolute Gasteiger partial charge is 0.243 e. The van der Waals surface area contributed by atoms with Crippen LogP contribution < -0.4 is 14.8 Å². The number of unbranched alkanes of at least 4 members (excludes halogenated alkanes) is 2. The molecular weight excluding hydrogens is 468 g/mol. The van der Waals surface area contributed by atoms with Gasteiger partial charge in [-0.2, -0.15) is 5.10 Å². The maximum atomic E-state index is 15.3. The Hall–Kier alpha value is -3.49. The molecule has 2 amide bonds. The van der Waals surface area contributed by atoms with Gasteiger partial charge in [0.1, 0.15) is 0 Å². The first kappa shape index (κ1) is 27.1. The van der Waals surface area contributed by atoms with Crippen LogP contribution in [0.5, 0.6) is 11.5 Å². The van der Waals surface area contributed by atoms with Gasteiger partial charge in [-0.3, -0.25) is 9.59 Å². The first-order valence-electron chi connectivity index (χ1n) is 12.2. The maximum absolute atomic E-state index is 15.3. The normalized spacial score (nSPS) is 15.5. The number of nitrogens with zero attached hydrogens (tertiary/aromatic N) is 2. The third-order valence-electron chi connectivity index (χ3n) is 6.21. The molecule has 0 saturated heterocycles. The summed E-state index contributed by atoms with van der Waals surface area (Å²) in [6.07, 6.45) is 4.03. The molecule has 2 aromatic carbocycles. The molecule has 1 aliphatic rings.